The fourth-order valence-corrected chi connectivity index (χ4v) is 1.89. The van der Waals surface area contributed by atoms with Crippen LogP contribution in [0.25, 0.3) is 0 Å². The number of carbonyl (C=O) groups is 2. The van der Waals surface area contributed by atoms with Crippen LogP contribution < -0.4 is 5.32 Å². The fourth-order valence-electron chi connectivity index (χ4n) is 1.89. The summed E-state index contributed by atoms with van der Waals surface area (Å²) in [6.07, 6.45) is 2.49. The average molecular weight is 255 g/mol. The molecule has 1 aliphatic rings. The van der Waals surface area contributed by atoms with Gasteiger partial charge in [0, 0.05) is 6.42 Å². The Morgan fingerprint density at radius 2 is 1.83 bits per heavy atom. The molecule has 0 aromatic rings. The van der Waals surface area contributed by atoms with E-state index in [1.54, 1.807) is 27.7 Å². The molecule has 0 heterocycles. The Labute approximate surface area is 109 Å². The van der Waals surface area contributed by atoms with Crippen LogP contribution in [0.3, 0.4) is 0 Å². The highest BCUT2D eigenvalue weighted by Gasteiger charge is 2.30. The predicted molar refractivity (Wildman–Crippen MR) is 70.3 cm³/mol. The maximum Gasteiger partial charge on any atom is 0.408 e. The molecule has 0 aromatic carbocycles. The van der Waals surface area contributed by atoms with Crippen LogP contribution in [0, 0.1) is 11.8 Å². The van der Waals surface area contributed by atoms with Crippen molar-refractivity contribution < 1.29 is 14.3 Å². The van der Waals surface area contributed by atoms with E-state index in [4.69, 9.17) is 4.74 Å². The van der Waals surface area contributed by atoms with Gasteiger partial charge >= 0.3 is 6.09 Å². The number of hydrogen-bond acceptors (Lipinski definition) is 3. The zero-order valence-electron chi connectivity index (χ0n) is 12.1. The lowest BCUT2D eigenvalue weighted by atomic mass is 9.97. The lowest BCUT2D eigenvalue weighted by Crippen LogP contribution is -2.42. The molecule has 1 fully saturated rings. The van der Waals surface area contributed by atoms with Gasteiger partial charge in [0.15, 0.2) is 5.78 Å². The zero-order valence-corrected chi connectivity index (χ0v) is 12.1. The molecular formula is C14H25NO3. The van der Waals surface area contributed by atoms with Gasteiger partial charge in [-0.2, -0.15) is 0 Å². The minimum absolute atomic E-state index is 0.0836. The standard InChI is InChI=1S/C14H25NO3/c1-9(11-6-7-11)8-12(16)10(2)15-13(17)18-14(3,4)5/h9-11H,6-8H2,1-5H3,(H,15,17)/t9?,10-/m0/s1. The first-order valence-electron chi connectivity index (χ1n) is 6.71. The monoisotopic (exact) mass is 255 g/mol. The number of rotatable bonds is 5. The first kappa shape index (κ1) is 15.0. The van der Waals surface area contributed by atoms with Crippen LogP contribution in [-0.4, -0.2) is 23.5 Å². The maximum atomic E-state index is 11.9. The summed E-state index contributed by atoms with van der Waals surface area (Å²) in [5.74, 6) is 1.23. The molecule has 1 N–H and O–H groups in total. The number of ketones is 1. The van der Waals surface area contributed by atoms with Gasteiger partial charge in [0.2, 0.25) is 0 Å². The minimum Gasteiger partial charge on any atom is -0.444 e. The third-order valence-electron chi connectivity index (χ3n) is 3.17. The predicted octanol–water partition coefficient (Wildman–Crippen LogP) is 2.90. The van der Waals surface area contributed by atoms with Gasteiger partial charge in [0.25, 0.3) is 0 Å². The summed E-state index contributed by atoms with van der Waals surface area (Å²) < 4.78 is 5.12. The molecule has 4 heteroatoms. The molecule has 104 valence electrons. The molecule has 0 radical (unpaired) electrons. The SMILES string of the molecule is CC(CC(=O)[C@H](C)NC(=O)OC(C)(C)C)C1CC1. The van der Waals surface area contributed by atoms with Crippen molar-refractivity contribution in [1.29, 1.82) is 0 Å². The molecule has 1 amide bonds. The fraction of sp³-hybridized carbons (Fsp3) is 0.857. The van der Waals surface area contributed by atoms with Crippen LogP contribution in [-0.2, 0) is 9.53 Å². The van der Waals surface area contributed by atoms with Crippen molar-refractivity contribution in [3.05, 3.63) is 0 Å². The number of Topliss-reactive ketones (excluding diaryl/α,β-unsaturated/α-hetero) is 1. The van der Waals surface area contributed by atoms with Crippen LogP contribution in [0.5, 0.6) is 0 Å². The molecule has 1 aliphatic carbocycles. The van der Waals surface area contributed by atoms with E-state index < -0.39 is 17.7 Å². The van der Waals surface area contributed by atoms with Gasteiger partial charge < -0.3 is 10.1 Å². The van der Waals surface area contributed by atoms with Crippen molar-refractivity contribution in [2.45, 2.75) is 65.5 Å². The smallest absolute Gasteiger partial charge is 0.408 e. The summed E-state index contributed by atoms with van der Waals surface area (Å²) in [5.41, 5.74) is -0.534. The quantitative estimate of drug-likeness (QED) is 0.821. The van der Waals surface area contributed by atoms with E-state index in [2.05, 4.69) is 12.2 Å². The van der Waals surface area contributed by atoms with Gasteiger partial charge in [-0.05, 0) is 52.4 Å². The third-order valence-corrected chi connectivity index (χ3v) is 3.17. The van der Waals surface area contributed by atoms with Gasteiger partial charge in [-0.25, -0.2) is 4.79 Å². The first-order chi connectivity index (χ1) is 8.19. The number of amides is 1. The van der Waals surface area contributed by atoms with Crippen LogP contribution in [0.15, 0.2) is 0 Å². The number of alkyl carbamates (subject to hydrolysis) is 1. The second kappa shape index (κ2) is 5.72. The van der Waals surface area contributed by atoms with Gasteiger partial charge in [0.05, 0.1) is 6.04 Å². The Bertz CT molecular complexity index is 315. The van der Waals surface area contributed by atoms with E-state index in [1.165, 1.54) is 12.8 Å². The van der Waals surface area contributed by atoms with Crippen molar-refractivity contribution >= 4 is 11.9 Å². The molecule has 4 nitrogen and oxygen atoms in total. The summed E-state index contributed by atoms with van der Waals surface area (Å²) in [7, 11) is 0. The van der Waals surface area contributed by atoms with E-state index >= 15 is 0 Å². The number of ether oxygens (including phenoxy) is 1. The second-order valence-electron chi connectivity index (χ2n) is 6.35. The Hall–Kier alpha value is -1.06. The highest BCUT2D eigenvalue weighted by atomic mass is 16.6. The molecule has 0 aliphatic heterocycles. The number of carbonyl (C=O) groups excluding carboxylic acids is 2. The van der Waals surface area contributed by atoms with Crippen molar-refractivity contribution in [3.63, 3.8) is 0 Å². The van der Waals surface area contributed by atoms with Gasteiger partial charge in [-0.15, -0.1) is 0 Å². The summed E-state index contributed by atoms with van der Waals surface area (Å²) >= 11 is 0. The number of nitrogens with one attached hydrogen (secondary N) is 1. The normalized spacial score (nSPS) is 18.9. The summed E-state index contributed by atoms with van der Waals surface area (Å²) in [6, 6.07) is -0.471. The van der Waals surface area contributed by atoms with Crippen LogP contribution in [0.4, 0.5) is 4.79 Å². The van der Waals surface area contributed by atoms with Crippen LogP contribution in [0.2, 0.25) is 0 Å². The van der Waals surface area contributed by atoms with Crippen molar-refractivity contribution in [2.24, 2.45) is 11.8 Å². The highest BCUT2D eigenvalue weighted by molar-refractivity contribution is 5.87. The lowest BCUT2D eigenvalue weighted by molar-refractivity contribution is -0.121. The van der Waals surface area contributed by atoms with E-state index in [-0.39, 0.29) is 5.78 Å². The summed E-state index contributed by atoms with van der Waals surface area (Å²) in [6.45, 7) is 9.22. The third kappa shape index (κ3) is 5.52. The average Bonchev–Trinajstić information content (AvgIpc) is 2.96. The Morgan fingerprint density at radius 1 is 1.28 bits per heavy atom. The molecule has 2 atom stereocenters. The van der Waals surface area contributed by atoms with Crippen LogP contribution >= 0.6 is 0 Å². The summed E-state index contributed by atoms with van der Waals surface area (Å²) in [5, 5.41) is 2.59. The van der Waals surface area contributed by atoms with Crippen molar-refractivity contribution in [2.75, 3.05) is 0 Å². The van der Waals surface area contributed by atoms with Crippen molar-refractivity contribution in [3.8, 4) is 0 Å². The van der Waals surface area contributed by atoms with E-state index in [0.29, 0.717) is 18.3 Å². The highest BCUT2D eigenvalue weighted by Crippen LogP contribution is 2.38. The van der Waals surface area contributed by atoms with Crippen LogP contribution in [0.1, 0.15) is 53.9 Å². The molecule has 0 bridgehead atoms. The zero-order chi connectivity index (χ0) is 13.9. The molecule has 1 saturated carbocycles. The van der Waals surface area contributed by atoms with Gasteiger partial charge in [-0.3, -0.25) is 4.79 Å². The molecule has 18 heavy (non-hydrogen) atoms. The maximum absolute atomic E-state index is 11.9. The Kier molecular flexibility index (Phi) is 4.77. The first-order valence-corrected chi connectivity index (χ1v) is 6.71. The van der Waals surface area contributed by atoms with E-state index in [9.17, 15) is 9.59 Å². The molecule has 0 spiro atoms. The van der Waals surface area contributed by atoms with Gasteiger partial charge in [-0.1, -0.05) is 6.92 Å². The molecule has 0 saturated heterocycles. The summed E-state index contributed by atoms with van der Waals surface area (Å²) in [4.78, 5) is 23.4. The van der Waals surface area contributed by atoms with Gasteiger partial charge in [0.1, 0.15) is 5.60 Å². The Balaban J connectivity index is 2.32. The topological polar surface area (TPSA) is 55.4 Å². The second-order valence-corrected chi connectivity index (χ2v) is 6.35. The Morgan fingerprint density at radius 3 is 2.28 bits per heavy atom. The number of hydrogen-bond donors (Lipinski definition) is 1. The largest absolute Gasteiger partial charge is 0.444 e. The molecule has 1 unspecified atom stereocenters. The van der Waals surface area contributed by atoms with E-state index in [0.717, 1.165) is 0 Å². The lowest BCUT2D eigenvalue weighted by Gasteiger charge is -2.22. The molecule has 0 aromatic heterocycles. The molecule has 1 rings (SSSR count). The van der Waals surface area contributed by atoms with E-state index in [1.807, 2.05) is 0 Å². The molecular weight excluding hydrogens is 230 g/mol. The minimum atomic E-state index is -0.534. The van der Waals surface area contributed by atoms with Crippen molar-refractivity contribution in [1.82, 2.24) is 5.32 Å².